The van der Waals surface area contributed by atoms with Gasteiger partial charge in [-0.1, -0.05) is 35.5 Å². The van der Waals surface area contributed by atoms with Gasteiger partial charge in [0.1, 0.15) is 11.6 Å². The highest BCUT2D eigenvalue weighted by Crippen LogP contribution is 2.26. The quantitative estimate of drug-likeness (QED) is 0.660. The standard InChI is InChI=1S/C19H16FN3O3/c1-2-10-21-17(24)12-25-14-7-5-6-13(11-14)18-22-19(26-23-18)15-8-3-4-9-16(15)20/h2-9,11H,1,10,12H2,(H,21,24). The van der Waals surface area contributed by atoms with E-state index in [4.69, 9.17) is 9.26 Å². The van der Waals surface area contributed by atoms with Gasteiger partial charge in [-0.05, 0) is 24.3 Å². The molecule has 0 aliphatic rings. The summed E-state index contributed by atoms with van der Waals surface area (Å²) in [5, 5.41) is 6.50. The van der Waals surface area contributed by atoms with Crippen molar-refractivity contribution in [3.8, 4) is 28.6 Å². The maximum atomic E-state index is 13.8. The van der Waals surface area contributed by atoms with Crippen LogP contribution < -0.4 is 10.1 Å². The molecule has 6 nitrogen and oxygen atoms in total. The highest BCUT2D eigenvalue weighted by molar-refractivity contribution is 5.77. The first-order valence-electron chi connectivity index (χ1n) is 7.87. The van der Waals surface area contributed by atoms with Crippen LogP contribution in [0.25, 0.3) is 22.8 Å². The molecule has 1 aromatic heterocycles. The highest BCUT2D eigenvalue weighted by atomic mass is 19.1. The van der Waals surface area contributed by atoms with Gasteiger partial charge in [0.05, 0.1) is 5.56 Å². The van der Waals surface area contributed by atoms with Crippen molar-refractivity contribution in [1.29, 1.82) is 0 Å². The van der Waals surface area contributed by atoms with Gasteiger partial charge in [0, 0.05) is 12.1 Å². The van der Waals surface area contributed by atoms with Crippen LogP contribution in [0.15, 0.2) is 65.7 Å². The van der Waals surface area contributed by atoms with E-state index in [1.807, 2.05) is 0 Å². The summed E-state index contributed by atoms with van der Waals surface area (Å²) in [6, 6.07) is 13.1. The van der Waals surface area contributed by atoms with Crippen molar-refractivity contribution in [2.24, 2.45) is 0 Å². The molecule has 0 atom stereocenters. The lowest BCUT2D eigenvalue weighted by Gasteiger charge is -2.06. The SMILES string of the molecule is C=CCNC(=O)COc1cccc(-c2noc(-c3ccccc3F)n2)c1. The fourth-order valence-corrected chi connectivity index (χ4v) is 2.20. The van der Waals surface area contributed by atoms with Gasteiger partial charge >= 0.3 is 0 Å². The number of rotatable bonds is 7. The van der Waals surface area contributed by atoms with Gasteiger partial charge < -0.3 is 14.6 Å². The minimum atomic E-state index is -0.440. The smallest absolute Gasteiger partial charge is 0.261 e. The lowest BCUT2D eigenvalue weighted by molar-refractivity contribution is -0.122. The molecule has 1 N–H and O–H groups in total. The molecule has 0 saturated carbocycles. The van der Waals surface area contributed by atoms with E-state index in [1.54, 1.807) is 48.5 Å². The predicted octanol–water partition coefficient (Wildman–Crippen LogP) is 3.22. The molecule has 1 amide bonds. The van der Waals surface area contributed by atoms with Crippen LogP contribution in [-0.4, -0.2) is 29.2 Å². The summed E-state index contributed by atoms with van der Waals surface area (Å²) in [6.45, 7) is 3.78. The molecule has 0 fully saturated rings. The van der Waals surface area contributed by atoms with Crippen LogP contribution in [0.3, 0.4) is 0 Å². The molecule has 26 heavy (non-hydrogen) atoms. The summed E-state index contributed by atoms with van der Waals surface area (Å²) in [4.78, 5) is 15.8. The molecule has 0 saturated heterocycles. The van der Waals surface area contributed by atoms with Gasteiger partial charge in [0.2, 0.25) is 5.82 Å². The molecule has 0 aliphatic carbocycles. The second-order valence-corrected chi connectivity index (χ2v) is 5.31. The number of nitrogens with zero attached hydrogens (tertiary/aromatic N) is 2. The van der Waals surface area contributed by atoms with Gasteiger partial charge in [0.15, 0.2) is 6.61 Å². The number of nitrogens with one attached hydrogen (secondary N) is 1. The largest absolute Gasteiger partial charge is 0.484 e. The van der Waals surface area contributed by atoms with Crippen molar-refractivity contribution >= 4 is 5.91 Å². The lowest BCUT2D eigenvalue weighted by atomic mass is 10.2. The van der Waals surface area contributed by atoms with Crippen LogP contribution >= 0.6 is 0 Å². The number of carbonyl (C=O) groups is 1. The summed E-state index contributed by atoms with van der Waals surface area (Å²) < 4.78 is 24.4. The average molecular weight is 353 g/mol. The zero-order valence-electron chi connectivity index (χ0n) is 13.8. The first-order valence-corrected chi connectivity index (χ1v) is 7.87. The number of ether oxygens (including phenoxy) is 1. The Morgan fingerprint density at radius 1 is 1.27 bits per heavy atom. The lowest BCUT2D eigenvalue weighted by Crippen LogP contribution is -2.28. The molecule has 0 aliphatic heterocycles. The Morgan fingerprint density at radius 3 is 2.92 bits per heavy atom. The van der Waals surface area contributed by atoms with Crippen LogP contribution in [0.4, 0.5) is 4.39 Å². The van der Waals surface area contributed by atoms with Gasteiger partial charge in [-0.15, -0.1) is 6.58 Å². The maximum absolute atomic E-state index is 13.8. The van der Waals surface area contributed by atoms with E-state index in [1.165, 1.54) is 6.07 Å². The normalized spacial score (nSPS) is 10.3. The second-order valence-electron chi connectivity index (χ2n) is 5.31. The van der Waals surface area contributed by atoms with Crippen molar-refractivity contribution in [2.75, 3.05) is 13.2 Å². The van der Waals surface area contributed by atoms with E-state index in [9.17, 15) is 9.18 Å². The number of carbonyl (C=O) groups excluding carboxylic acids is 1. The predicted molar refractivity (Wildman–Crippen MR) is 93.8 cm³/mol. The van der Waals surface area contributed by atoms with Crippen molar-refractivity contribution in [3.63, 3.8) is 0 Å². The van der Waals surface area contributed by atoms with Gasteiger partial charge in [-0.25, -0.2) is 4.39 Å². The second kappa shape index (κ2) is 8.06. The Balaban J connectivity index is 1.73. The summed E-state index contributed by atoms with van der Waals surface area (Å²) in [7, 11) is 0. The van der Waals surface area contributed by atoms with Crippen molar-refractivity contribution in [3.05, 3.63) is 67.0 Å². The van der Waals surface area contributed by atoms with Crippen LogP contribution in [0.1, 0.15) is 0 Å². The van der Waals surface area contributed by atoms with Crippen LogP contribution in [0.2, 0.25) is 0 Å². The molecule has 0 unspecified atom stereocenters. The third-order valence-corrected chi connectivity index (χ3v) is 3.44. The topological polar surface area (TPSA) is 77.2 Å². The number of hydrogen-bond donors (Lipinski definition) is 1. The van der Waals surface area contributed by atoms with Crippen molar-refractivity contribution in [1.82, 2.24) is 15.5 Å². The van der Waals surface area contributed by atoms with E-state index in [0.717, 1.165) is 0 Å². The number of aromatic nitrogens is 2. The zero-order valence-corrected chi connectivity index (χ0v) is 13.8. The third-order valence-electron chi connectivity index (χ3n) is 3.44. The number of hydrogen-bond acceptors (Lipinski definition) is 5. The van der Waals surface area contributed by atoms with E-state index in [0.29, 0.717) is 23.7 Å². The first-order chi connectivity index (χ1) is 12.7. The molecule has 2 aromatic carbocycles. The summed E-state index contributed by atoms with van der Waals surface area (Å²) >= 11 is 0. The van der Waals surface area contributed by atoms with Crippen LogP contribution in [0.5, 0.6) is 5.75 Å². The molecule has 0 bridgehead atoms. The molecule has 132 valence electrons. The summed E-state index contributed by atoms with van der Waals surface area (Å²) in [5.41, 5.74) is 0.859. The molecule has 0 radical (unpaired) electrons. The van der Waals surface area contributed by atoms with E-state index < -0.39 is 5.82 Å². The number of halogens is 1. The van der Waals surface area contributed by atoms with E-state index >= 15 is 0 Å². The van der Waals surface area contributed by atoms with Crippen LogP contribution in [0, 0.1) is 5.82 Å². The summed E-state index contributed by atoms with van der Waals surface area (Å²) in [6.07, 6.45) is 1.59. The van der Waals surface area contributed by atoms with Gasteiger partial charge in [-0.3, -0.25) is 4.79 Å². The molecule has 0 spiro atoms. The first kappa shape index (κ1) is 17.3. The van der Waals surface area contributed by atoms with E-state index in [2.05, 4.69) is 22.0 Å². The number of benzene rings is 2. The Hall–Kier alpha value is -3.48. The van der Waals surface area contributed by atoms with Gasteiger partial charge in [-0.2, -0.15) is 4.98 Å². The molecule has 7 heteroatoms. The van der Waals surface area contributed by atoms with Gasteiger partial charge in [0.25, 0.3) is 11.8 Å². The Kier molecular flexibility index (Phi) is 5.38. The Morgan fingerprint density at radius 2 is 2.12 bits per heavy atom. The molecule has 3 rings (SSSR count). The number of amides is 1. The molecular formula is C19H16FN3O3. The fourth-order valence-electron chi connectivity index (χ4n) is 2.20. The minimum Gasteiger partial charge on any atom is -0.484 e. The molecule has 3 aromatic rings. The molecule has 1 heterocycles. The van der Waals surface area contributed by atoms with Crippen molar-refractivity contribution < 1.29 is 18.4 Å². The minimum absolute atomic E-state index is 0.0909. The van der Waals surface area contributed by atoms with Crippen LogP contribution in [-0.2, 0) is 4.79 Å². The van der Waals surface area contributed by atoms with Crippen molar-refractivity contribution in [2.45, 2.75) is 0 Å². The maximum Gasteiger partial charge on any atom is 0.261 e. The third kappa shape index (κ3) is 4.13. The molecular weight excluding hydrogens is 337 g/mol. The Bertz CT molecular complexity index is 924. The highest BCUT2D eigenvalue weighted by Gasteiger charge is 2.14. The van der Waals surface area contributed by atoms with E-state index in [-0.39, 0.29) is 24.0 Å². The monoisotopic (exact) mass is 353 g/mol. The summed E-state index contributed by atoms with van der Waals surface area (Å²) in [5.74, 6) is 0.175. The zero-order chi connectivity index (χ0) is 18.4. The fraction of sp³-hybridized carbons (Fsp3) is 0.105. The Labute approximate surface area is 149 Å². The average Bonchev–Trinajstić information content (AvgIpc) is 3.15.